The number of aromatic nitrogens is 1. The maximum atomic E-state index is 4.46. The van der Waals surface area contributed by atoms with Gasteiger partial charge in [0.15, 0.2) is 0 Å². The molecule has 0 saturated carbocycles. The lowest BCUT2D eigenvalue weighted by atomic mass is 9.94. The van der Waals surface area contributed by atoms with Crippen LogP contribution in [0.2, 0.25) is 0 Å². The Morgan fingerprint density at radius 3 is 2.65 bits per heavy atom. The minimum Gasteiger partial charge on any atom is -0.310 e. The maximum Gasteiger partial charge on any atom is 0.0422 e. The summed E-state index contributed by atoms with van der Waals surface area (Å²) in [5.74, 6) is 0. The molecular formula is C18H24N2. The van der Waals surface area contributed by atoms with E-state index in [1.165, 1.54) is 16.7 Å². The SMILES string of the molecule is CCCNC(Cc1ccccn1)c1cccc(C)c1C. The maximum absolute atomic E-state index is 4.46. The third-order valence-electron chi connectivity index (χ3n) is 3.80. The van der Waals surface area contributed by atoms with Crippen LogP contribution < -0.4 is 5.32 Å². The minimum atomic E-state index is 0.338. The van der Waals surface area contributed by atoms with Gasteiger partial charge in [-0.1, -0.05) is 31.2 Å². The predicted octanol–water partition coefficient (Wildman–Crippen LogP) is 3.98. The predicted molar refractivity (Wildman–Crippen MR) is 84.9 cm³/mol. The molecular weight excluding hydrogens is 244 g/mol. The fourth-order valence-corrected chi connectivity index (χ4v) is 2.49. The standard InChI is InChI=1S/C18H24N2/c1-4-11-20-18(13-16-9-5-6-12-19-16)17-10-7-8-14(2)15(17)3/h5-10,12,18,20H,4,11,13H2,1-3H3. The number of aryl methyl sites for hydroxylation is 1. The zero-order valence-corrected chi connectivity index (χ0v) is 12.7. The molecule has 0 aliphatic heterocycles. The van der Waals surface area contributed by atoms with Gasteiger partial charge in [-0.05, 0) is 55.6 Å². The first-order valence-corrected chi connectivity index (χ1v) is 7.41. The van der Waals surface area contributed by atoms with E-state index in [2.05, 4.69) is 61.4 Å². The topological polar surface area (TPSA) is 24.9 Å². The molecule has 0 spiro atoms. The molecule has 20 heavy (non-hydrogen) atoms. The van der Waals surface area contributed by atoms with E-state index < -0.39 is 0 Å². The van der Waals surface area contributed by atoms with Gasteiger partial charge < -0.3 is 5.32 Å². The Balaban J connectivity index is 2.25. The molecule has 1 unspecified atom stereocenters. The van der Waals surface area contributed by atoms with Crippen LogP contribution in [-0.2, 0) is 6.42 Å². The Morgan fingerprint density at radius 2 is 1.95 bits per heavy atom. The van der Waals surface area contributed by atoms with Crippen LogP contribution in [0.3, 0.4) is 0 Å². The average Bonchev–Trinajstić information content (AvgIpc) is 2.48. The zero-order valence-electron chi connectivity index (χ0n) is 12.7. The van der Waals surface area contributed by atoms with Gasteiger partial charge in [0.1, 0.15) is 0 Å². The molecule has 2 heteroatoms. The van der Waals surface area contributed by atoms with Crippen molar-refractivity contribution < 1.29 is 0 Å². The summed E-state index contributed by atoms with van der Waals surface area (Å²) in [5, 5.41) is 3.66. The molecule has 106 valence electrons. The van der Waals surface area contributed by atoms with E-state index >= 15 is 0 Å². The van der Waals surface area contributed by atoms with Gasteiger partial charge in [0.2, 0.25) is 0 Å². The second kappa shape index (κ2) is 7.20. The van der Waals surface area contributed by atoms with Gasteiger partial charge in [-0.15, -0.1) is 0 Å². The lowest BCUT2D eigenvalue weighted by Crippen LogP contribution is -2.25. The van der Waals surface area contributed by atoms with E-state index in [4.69, 9.17) is 0 Å². The van der Waals surface area contributed by atoms with E-state index in [0.29, 0.717) is 6.04 Å². The third-order valence-corrected chi connectivity index (χ3v) is 3.80. The lowest BCUT2D eigenvalue weighted by Gasteiger charge is -2.21. The monoisotopic (exact) mass is 268 g/mol. The summed E-state index contributed by atoms with van der Waals surface area (Å²) in [6, 6.07) is 13.0. The average molecular weight is 268 g/mol. The van der Waals surface area contributed by atoms with Crippen LogP contribution in [-0.4, -0.2) is 11.5 Å². The van der Waals surface area contributed by atoms with Crippen molar-refractivity contribution in [3.8, 4) is 0 Å². The number of nitrogens with one attached hydrogen (secondary N) is 1. The van der Waals surface area contributed by atoms with Crippen LogP contribution in [0, 0.1) is 13.8 Å². The van der Waals surface area contributed by atoms with Crippen molar-refractivity contribution in [2.45, 2.75) is 39.7 Å². The van der Waals surface area contributed by atoms with Gasteiger partial charge in [0.25, 0.3) is 0 Å². The van der Waals surface area contributed by atoms with Crippen LogP contribution in [0.5, 0.6) is 0 Å². The van der Waals surface area contributed by atoms with Crippen molar-refractivity contribution >= 4 is 0 Å². The van der Waals surface area contributed by atoms with Gasteiger partial charge in [-0.2, -0.15) is 0 Å². The summed E-state index contributed by atoms with van der Waals surface area (Å²) in [6.07, 6.45) is 3.95. The first-order chi connectivity index (χ1) is 9.72. The van der Waals surface area contributed by atoms with Crippen molar-refractivity contribution in [3.05, 3.63) is 65.0 Å². The summed E-state index contributed by atoms with van der Waals surface area (Å²) >= 11 is 0. The molecule has 1 atom stereocenters. The number of hydrogen-bond acceptors (Lipinski definition) is 2. The van der Waals surface area contributed by atoms with Crippen LogP contribution >= 0.6 is 0 Å². The highest BCUT2D eigenvalue weighted by atomic mass is 14.9. The summed E-state index contributed by atoms with van der Waals surface area (Å²) in [6.45, 7) is 7.62. The lowest BCUT2D eigenvalue weighted by molar-refractivity contribution is 0.522. The third kappa shape index (κ3) is 3.67. The summed E-state index contributed by atoms with van der Waals surface area (Å²) in [7, 11) is 0. The van der Waals surface area contributed by atoms with Gasteiger partial charge in [-0.25, -0.2) is 0 Å². The zero-order chi connectivity index (χ0) is 14.4. The van der Waals surface area contributed by atoms with Crippen LogP contribution in [0.4, 0.5) is 0 Å². The normalized spacial score (nSPS) is 12.3. The number of nitrogens with zero attached hydrogens (tertiary/aromatic N) is 1. The molecule has 0 bridgehead atoms. The van der Waals surface area contributed by atoms with Gasteiger partial charge in [0, 0.05) is 24.4 Å². The highest BCUT2D eigenvalue weighted by Gasteiger charge is 2.15. The van der Waals surface area contributed by atoms with Crippen molar-refractivity contribution in [1.82, 2.24) is 10.3 Å². The molecule has 0 aliphatic carbocycles. The number of hydrogen-bond donors (Lipinski definition) is 1. The molecule has 0 fully saturated rings. The quantitative estimate of drug-likeness (QED) is 0.857. The van der Waals surface area contributed by atoms with Gasteiger partial charge in [-0.3, -0.25) is 4.98 Å². The summed E-state index contributed by atoms with van der Waals surface area (Å²) in [5.41, 5.74) is 5.27. The Morgan fingerprint density at radius 1 is 1.10 bits per heavy atom. The molecule has 0 amide bonds. The Bertz CT molecular complexity index is 534. The minimum absolute atomic E-state index is 0.338. The largest absolute Gasteiger partial charge is 0.310 e. The molecule has 2 rings (SSSR count). The summed E-state index contributed by atoms with van der Waals surface area (Å²) < 4.78 is 0. The van der Waals surface area contributed by atoms with E-state index in [9.17, 15) is 0 Å². The van der Waals surface area contributed by atoms with Crippen LogP contribution in [0.1, 0.15) is 41.8 Å². The molecule has 1 aromatic heterocycles. The molecule has 0 radical (unpaired) electrons. The van der Waals surface area contributed by atoms with Crippen molar-refractivity contribution in [2.24, 2.45) is 0 Å². The van der Waals surface area contributed by atoms with Crippen molar-refractivity contribution in [1.29, 1.82) is 0 Å². The first kappa shape index (κ1) is 14.7. The molecule has 2 aromatic rings. The second-order valence-corrected chi connectivity index (χ2v) is 5.32. The van der Waals surface area contributed by atoms with Gasteiger partial charge in [0.05, 0.1) is 0 Å². The molecule has 0 aliphatic rings. The fraction of sp³-hybridized carbons (Fsp3) is 0.389. The smallest absolute Gasteiger partial charge is 0.0422 e. The molecule has 0 saturated heterocycles. The fourth-order valence-electron chi connectivity index (χ4n) is 2.49. The molecule has 1 heterocycles. The Kier molecular flexibility index (Phi) is 5.31. The van der Waals surface area contributed by atoms with E-state index in [0.717, 1.165) is 25.1 Å². The first-order valence-electron chi connectivity index (χ1n) is 7.41. The van der Waals surface area contributed by atoms with Crippen molar-refractivity contribution in [2.75, 3.05) is 6.54 Å². The number of benzene rings is 1. The number of rotatable bonds is 6. The molecule has 1 aromatic carbocycles. The highest BCUT2D eigenvalue weighted by molar-refractivity contribution is 5.36. The van der Waals surface area contributed by atoms with Crippen molar-refractivity contribution in [3.63, 3.8) is 0 Å². The van der Waals surface area contributed by atoms with Crippen LogP contribution in [0.15, 0.2) is 42.6 Å². The molecule has 2 nitrogen and oxygen atoms in total. The second-order valence-electron chi connectivity index (χ2n) is 5.32. The van der Waals surface area contributed by atoms with E-state index in [1.807, 2.05) is 12.3 Å². The van der Waals surface area contributed by atoms with Crippen LogP contribution in [0.25, 0.3) is 0 Å². The van der Waals surface area contributed by atoms with Gasteiger partial charge >= 0.3 is 0 Å². The molecule has 1 N–H and O–H groups in total. The van der Waals surface area contributed by atoms with E-state index in [-0.39, 0.29) is 0 Å². The highest BCUT2D eigenvalue weighted by Crippen LogP contribution is 2.23. The Hall–Kier alpha value is -1.67. The number of pyridine rings is 1. The summed E-state index contributed by atoms with van der Waals surface area (Å²) in [4.78, 5) is 4.46. The van der Waals surface area contributed by atoms with E-state index in [1.54, 1.807) is 0 Å². The Labute approximate surface area is 122 Å².